The molecule has 0 aromatic carbocycles. The maximum Gasteiger partial charge on any atom is 0.420 e. The highest BCUT2D eigenvalue weighted by atomic mass is 19.1. The van der Waals surface area contributed by atoms with Crippen LogP contribution in [-0.4, -0.2) is 59.8 Å². The molecule has 2 amide bonds. The molecule has 0 aliphatic carbocycles. The molecule has 0 fully saturated rings. The standard InChI is InChI=1S/C21H36FN3O6/c1-13(15(22)12-24-14(2)23)10-11-16(17(26)29-9)25(18(27)30-20(3,4)5)19(28)31-21(6,7)8/h16H,10-12H2,1-9H3,(H2,23,24)/b15-13-/t16-/m0/s1. The average molecular weight is 446 g/mol. The zero-order chi connectivity index (χ0) is 24.6. The molecular weight excluding hydrogens is 409 g/mol. The molecule has 0 heterocycles. The number of halogens is 1. The zero-order valence-electron chi connectivity index (χ0n) is 20.0. The predicted molar refractivity (Wildman–Crippen MR) is 115 cm³/mol. The van der Waals surface area contributed by atoms with Crippen molar-refractivity contribution in [1.82, 2.24) is 4.90 Å². The Morgan fingerprint density at radius 3 is 1.81 bits per heavy atom. The van der Waals surface area contributed by atoms with Crippen LogP contribution in [0, 0.1) is 0 Å². The van der Waals surface area contributed by atoms with Gasteiger partial charge in [-0.3, -0.25) is 4.99 Å². The van der Waals surface area contributed by atoms with Crippen LogP contribution >= 0.6 is 0 Å². The number of ether oxygens (including phenoxy) is 3. The topological polar surface area (TPSA) is 121 Å². The summed E-state index contributed by atoms with van der Waals surface area (Å²) in [6, 6.07) is -1.38. The molecule has 0 bridgehead atoms. The Balaban J connectivity index is 5.92. The fourth-order valence-corrected chi connectivity index (χ4v) is 2.26. The van der Waals surface area contributed by atoms with Gasteiger partial charge in [-0.05, 0) is 73.8 Å². The van der Waals surface area contributed by atoms with E-state index in [1.54, 1.807) is 41.5 Å². The van der Waals surface area contributed by atoms with Crippen LogP contribution in [0.25, 0.3) is 0 Å². The van der Waals surface area contributed by atoms with Gasteiger partial charge in [-0.25, -0.2) is 18.8 Å². The summed E-state index contributed by atoms with van der Waals surface area (Å²) in [7, 11) is 1.12. The molecule has 0 aliphatic heterocycles. The number of nitrogens with zero attached hydrogens (tertiary/aromatic N) is 2. The minimum absolute atomic E-state index is 0.0484. The Bertz CT molecular complexity index is 688. The third-order valence-electron chi connectivity index (χ3n) is 3.69. The number of hydrogen-bond acceptors (Lipinski definition) is 7. The first-order valence-corrected chi connectivity index (χ1v) is 9.92. The van der Waals surface area contributed by atoms with Gasteiger partial charge in [0.1, 0.15) is 23.1 Å². The van der Waals surface area contributed by atoms with E-state index in [-0.39, 0.29) is 25.2 Å². The summed E-state index contributed by atoms with van der Waals surface area (Å²) < 4.78 is 29.6. The second-order valence-electron chi connectivity index (χ2n) is 9.05. The molecule has 1 atom stereocenters. The summed E-state index contributed by atoms with van der Waals surface area (Å²) in [5.74, 6) is -1.15. The Hall–Kier alpha value is -2.65. The molecule has 0 saturated carbocycles. The second kappa shape index (κ2) is 11.7. The highest BCUT2D eigenvalue weighted by molar-refractivity contribution is 5.94. The van der Waals surface area contributed by atoms with Gasteiger partial charge >= 0.3 is 18.2 Å². The zero-order valence-corrected chi connectivity index (χ0v) is 20.0. The van der Waals surface area contributed by atoms with Crippen molar-refractivity contribution in [3.05, 3.63) is 11.4 Å². The maximum absolute atomic E-state index is 14.3. The van der Waals surface area contributed by atoms with Crippen molar-refractivity contribution in [2.45, 2.75) is 85.5 Å². The van der Waals surface area contributed by atoms with E-state index in [9.17, 15) is 18.8 Å². The van der Waals surface area contributed by atoms with Gasteiger partial charge in [-0.15, -0.1) is 0 Å². The normalized spacial score (nSPS) is 14.3. The molecule has 0 spiro atoms. The molecule has 0 unspecified atom stereocenters. The van der Waals surface area contributed by atoms with Gasteiger partial charge in [0, 0.05) is 0 Å². The van der Waals surface area contributed by atoms with Gasteiger partial charge in [0.2, 0.25) is 0 Å². The first-order chi connectivity index (χ1) is 14.0. The molecule has 0 aromatic rings. The Morgan fingerprint density at radius 2 is 1.45 bits per heavy atom. The number of allylic oxidation sites excluding steroid dienone is 1. The largest absolute Gasteiger partial charge is 0.467 e. The second-order valence-corrected chi connectivity index (χ2v) is 9.05. The predicted octanol–water partition coefficient (Wildman–Crippen LogP) is 4.10. The summed E-state index contributed by atoms with van der Waals surface area (Å²) >= 11 is 0. The lowest BCUT2D eigenvalue weighted by atomic mass is 10.0. The number of amidine groups is 1. The molecule has 0 radical (unpaired) electrons. The molecule has 178 valence electrons. The summed E-state index contributed by atoms with van der Waals surface area (Å²) in [6.07, 6.45) is -2.19. The van der Waals surface area contributed by atoms with Gasteiger partial charge < -0.3 is 19.9 Å². The molecule has 0 aliphatic rings. The summed E-state index contributed by atoms with van der Waals surface area (Å²) in [6.45, 7) is 12.5. The van der Waals surface area contributed by atoms with Gasteiger partial charge in [0.05, 0.1) is 19.5 Å². The van der Waals surface area contributed by atoms with Crippen molar-refractivity contribution < 1.29 is 33.0 Å². The lowest BCUT2D eigenvalue weighted by molar-refractivity contribution is -0.146. The third-order valence-corrected chi connectivity index (χ3v) is 3.69. The Morgan fingerprint density at radius 1 is 1.00 bits per heavy atom. The van der Waals surface area contributed by atoms with E-state index in [1.807, 2.05) is 0 Å². The van der Waals surface area contributed by atoms with Crippen LogP contribution < -0.4 is 5.73 Å². The van der Waals surface area contributed by atoms with Crippen LogP contribution in [0.3, 0.4) is 0 Å². The van der Waals surface area contributed by atoms with Gasteiger partial charge in [-0.1, -0.05) is 0 Å². The first-order valence-electron chi connectivity index (χ1n) is 9.92. The minimum atomic E-state index is -1.38. The van der Waals surface area contributed by atoms with E-state index in [0.717, 1.165) is 7.11 Å². The number of esters is 1. The van der Waals surface area contributed by atoms with Gasteiger partial charge in [0.25, 0.3) is 0 Å². The van der Waals surface area contributed by atoms with E-state index in [1.165, 1.54) is 13.8 Å². The van der Waals surface area contributed by atoms with E-state index in [0.29, 0.717) is 10.5 Å². The summed E-state index contributed by atoms with van der Waals surface area (Å²) in [5, 5.41) is 0. The number of nitrogens with two attached hydrogens (primary N) is 1. The van der Waals surface area contributed by atoms with Crippen LogP contribution in [0.15, 0.2) is 16.4 Å². The third kappa shape index (κ3) is 11.4. The molecule has 2 N–H and O–H groups in total. The number of methoxy groups -OCH3 is 1. The highest BCUT2D eigenvalue weighted by Gasteiger charge is 2.40. The number of carbonyl (C=O) groups excluding carboxylic acids is 3. The fourth-order valence-electron chi connectivity index (χ4n) is 2.26. The maximum atomic E-state index is 14.3. The SMILES string of the molecule is COC(=O)[C@H](CC/C(C)=C(\F)CN=C(C)N)N(C(=O)OC(C)(C)C)C(=O)OC(C)(C)C. The van der Waals surface area contributed by atoms with Gasteiger partial charge in [-0.2, -0.15) is 4.90 Å². The van der Waals surface area contributed by atoms with Crippen LogP contribution in [0.1, 0.15) is 68.2 Å². The van der Waals surface area contributed by atoms with E-state index >= 15 is 0 Å². The molecular formula is C21H36FN3O6. The highest BCUT2D eigenvalue weighted by Crippen LogP contribution is 2.22. The fraction of sp³-hybridized carbons (Fsp3) is 0.714. The van der Waals surface area contributed by atoms with Crippen molar-refractivity contribution in [2.75, 3.05) is 13.7 Å². The minimum Gasteiger partial charge on any atom is -0.467 e. The monoisotopic (exact) mass is 445 g/mol. The Labute approximate surface area is 183 Å². The van der Waals surface area contributed by atoms with Crippen LogP contribution in [0.5, 0.6) is 0 Å². The number of hydrogen-bond donors (Lipinski definition) is 1. The van der Waals surface area contributed by atoms with Gasteiger partial charge in [0.15, 0.2) is 0 Å². The molecule has 0 rings (SSSR count). The van der Waals surface area contributed by atoms with Crippen molar-refractivity contribution in [3.63, 3.8) is 0 Å². The first kappa shape index (κ1) is 28.4. The van der Waals surface area contributed by atoms with Crippen molar-refractivity contribution in [2.24, 2.45) is 10.7 Å². The van der Waals surface area contributed by atoms with Crippen LogP contribution in [-0.2, 0) is 19.0 Å². The summed E-state index contributed by atoms with van der Waals surface area (Å²) in [4.78, 5) is 42.4. The Kier molecular flexibility index (Phi) is 10.7. The number of carbonyl (C=O) groups is 3. The smallest absolute Gasteiger partial charge is 0.420 e. The van der Waals surface area contributed by atoms with E-state index < -0.39 is 41.2 Å². The molecule has 0 aromatic heterocycles. The average Bonchev–Trinajstić information content (AvgIpc) is 2.58. The molecule has 9 nitrogen and oxygen atoms in total. The quantitative estimate of drug-likeness (QED) is 0.271. The number of imide groups is 1. The summed E-state index contributed by atoms with van der Waals surface area (Å²) in [5.41, 5.74) is 3.85. The number of rotatable bonds is 7. The number of amides is 2. The van der Waals surface area contributed by atoms with Crippen molar-refractivity contribution >= 4 is 24.0 Å². The molecule has 0 saturated heterocycles. The lowest BCUT2D eigenvalue weighted by Gasteiger charge is -2.32. The molecule has 31 heavy (non-hydrogen) atoms. The van der Waals surface area contributed by atoms with E-state index in [4.69, 9.17) is 19.9 Å². The molecule has 10 heteroatoms. The number of aliphatic imine (C=N–C) groups is 1. The van der Waals surface area contributed by atoms with Crippen molar-refractivity contribution in [3.8, 4) is 0 Å². The van der Waals surface area contributed by atoms with Crippen LogP contribution in [0.2, 0.25) is 0 Å². The van der Waals surface area contributed by atoms with Crippen molar-refractivity contribution in [1.29, 1.82) is 0 Å². The van der Waals surface area contributed by atoms with E-state index in [2.05, 4.69) is 4.99 Å². The van der Waals surface area contributed by atoms with Crippen LogP contribution in [0.4, 0.5) is 14.0 Å². The lowest BCUT2D eigenvalue weighted by Crippen LogP contribution is -2.52.